The number of benzene rings is 1. The Morgan fingerprint density at radius 3 is 2.71 bits per heavy atom. The summed E-state index contributed by atoms with van der Waals surface area (Å²) in [5.74, 6) is -0.342. The molecule has 0 radical (unpaired) electrons. The highest BCUT2D eigenvalue weighted by atomic mass is 32.2. The number of hydrogen-bond acceptors (Lipinski definition) is 4. The molecule has 1 heterocycles. The molecule has 1 aliphatic rings. The van der Waals surface area contributed by atoms with E-state index in [2.05, 4.69) is 15.4 Å². The first-order chi connectivity index (χ1) is 9.68. The summed E-state index contributed by atoms with van der Waals surface area (Å²) in [5.41, 5.74) is 1.23. The summed E-state index contributed by atoms with van der Waals surface area (Å²) in [6.07, 6.45) is 1.10. The van der Waals surface area contributed by atoms with Crippen LogP contribution in [0, 0.1) is 0 Å². The van der Waals surface area contributed by atoms with Crippen molar-refractivity contribution in [1.29, 1.82) is 0 Å². The fourth-order valence-electron chi connectivity index (χ4n) is 2.49. The predicted octanol–water partition coefficient (Wildman–Crippen LogP) is 0.640. The van der Waals surface area contributed by atoms with Crippen molar-refractivity contribution >= 4 is 21.6 Å². The lowest BCUT2D eigenvalue weighted by Gasteiger charge is -2.26. The Morgan fingerprint density at radius 2 is 2.05 bits per heavy atom. The number of carbonyl (C=O) groups excluding carboxylic acids is 1. The van der Waals surface area contributed by atoms with Gasteiger partial charge in [-0.05, 0) is 25.5 Å². The van der Waals surface area contributed by atoms with Gasteiger partial charge in [0.1, 0.15) is 0 Å². The van der Waals surface area contributed by atoms with Gasteiger partial charge in [0.15, 0.2) is 0 Å². The van der Waals surface area contributed by atoms with Crippen LogP contribution in [0.4, 0.5) is 5.69 Å². The molecule has 1 aliphatic heterocycles. The zero-order chi connectivity index (χ0) is 15.7. The number of hydrogen-bond donors (Lipinski definition) is 3. The molecule has 0 bridgehead atoms. The molecule has 0 aliphatic carbocycles. The van der Waals surface area contributed by atoms with E-state index in [4.69, 9.17) is 0 Å². The molecule has 116 valence electrons. The van der Waals surface area contributed by atoms with E-state index in [-0.39, 0.29) is 18.4 Å². The smallest absolute Gasteiger partial charge is 0.229 e. The number of carbonyl (C=O) groups is 1. The molecule has 0 aromatic heterocycles. The lowest BCUT2D eigenvalue weighted by molar-refractivity contribution is -0.122. The highest BCUT2D eigenvalue weighted by molar-refractivity contribution is 7.88. The van der Waals surface area contributed by atoms with Crippen molar-refractivity contribution in [2.24, 2.45) is 0 Å². The first-order valence-electron chi connectivity index (χ1n) is 6.77. The zero-order valence-electron chi connectivity index (χ0n) is 12.4. The Kier molecular flexibility index (Phi) is 4.25. The van der Waals surface area contributed by atoms with Crippen molar-refractivity contribution in [3.63, 3.8) is 0 Å². The van der Waals surface area contributed by atoms with Crippen LogP contribution in [-0.4, -0.2) is 39.2 Å². The van der Waals surface area contributed by atoms with Crippen LogP contribution in [0.3, 0.4) is 0 Å². The second-order valence-corrected chi connectivity index (χ2v) is 7.75. The van der Waals surface area contributed by atoms with Crippen LogP contribution >= 0.6 is 0 Å². The van der Waals surface area contributed by atoms with Crippen LogP contribution in [0.1, 0.15) is 25.3 Å². The summed E-state index contributed by atoms with van der Waals surface area (Å²) >= 11 is 0. The van der Waals surface area contributed by atoms with Crippen LogP contribution in [-0.2, 0) is 14.8 Å². The number of nitrogens with one attached hydrogen (secondary N) is 3. The molecule has 1 aromatic rings. The van der Waals surface area contributed by atoms with Gasteiger partial charge in [0.25, 0.3) is 0 Å². The molecule has 1 aromatic carbocycles. The molecular formula is C14H21N3O3S. The highest BCUT2D eigenvalue weighted by Crippen LogP contribution is 2.30. The molecule has 0 saturated carbocycles. The monoisotopic (exact) mass is 311 g/mol. The Bertz CT molecular complexity index is 641. The number of para-hydroxylation sites is 1. The van der Waals surface area contributed by atoms with E-state index in [0.717, 1.165) is 17.5 Å². The molecular weight excluding hydrogens is 290 g/mol. The van der Waals surface area contributed by atoms with E-state index in [9.17, 15) is 13.2 Å². The van der Waals surface area contributed by atoms with Crippen molar-refractivity contribution in [1.82, 2.24) is 10.0 Å². The van der Waals surface area contributed by atoms with E-state index < -0.39 is 15.6 Å². The van der Waals surface area contributed by atoms with Crippen molar-refractivity contribution in [3.8, 4) is 0 Å². The van der Waals surface area contributed by atoms with E-state index in [1.165, 1.54) is 0 Å². The van der Waals surface area contributed by atoms with Gasteiger partial charge in [0.2, 0.25) is 15.9 Å². The van der Waals surface area contributed by atoms with Crippen LogP contribution in [0.15, 0.2) is 24.3 Å². The quantitative estimate of drug-likeness (QED) is 0.745. The topological polar surface area (TPSA) is 87.3 Å². The van der Waals surface area contributed by atoms with Crippen molar-refractivity contribution in [2.75, 3.05) is 24.7 Å². The molecule has 0 saturated heterocycles. The number of rotatable bonds is 5. The molecule has 6 nitrogen and oxygen atoms in total. The summed E-state index contributed by atoms with van der Waals surface area (Å²) in [6.45, 7) is 4.26. The summed E-state index contributed by atoms with van der Waals surface area (Å²) in [5, 5.41) is 6.02. The number of sulfonamides is 1. The van der Waals surface area contributed by atoms with Gasteiger partial charge in [-0.2, -0.15) is 0 Å². The van der Waals surface area contributed by atoms with Gasteiger partial charge in [0.05, 0.1) is 12.2 Å². The second kappa shape index (κ2) is 5.65. The fourth-order valence-corrected chi connectivity index (χ4v) is 3.56. The van der Waals surface area contributed by atoms with Gasteiger partial charge in [0, 0.05) is 24.3 Å². The molecule has 1 unspecified atom stereocenters. The number of anilines is 1. The largest absolute Gasteiger partial charge is 0.384 e. The van der Waals surface area contributed by atoms with Crippen molar-refractivity contribution in [2.45, 2.75) is 25.3 Å². The van der Waals surface area contributed by atoms with Crippen molar-refractivity contribution in [3.05, 3.63) is 29.8 Å². The summed E-state index contributed by atoms with van der Waals surface area (Å²) < 4.78 is 25.1. The Labute approximate surface area is 125 Å². The lowest BCUT2D eigenvalue weighted by Crippen LogP contribution is -2.51. The zero-order valence-corrected chi connectivity index (χ0v) is 13.3. The average Bonchev–Trinajstić information content (AvgIpc) is 2.77. The maximum absolute atomic E-state index is 12.3. The van der Waals surface area contributed by atoms with Gasteiger partial charge in [-0.3, -0.25) is 4.79 Å². The maximum atomic E-state index is 12.3. The van der Waals surface area contributed by atoms with Crippen molar-refractivity contribution < 1.29 is 13.2 Å². The summed E-state index contributed by atoms with van der Waals surface area (Å²) in [4.78, 5) is 12.3. The minimum atomic E-state index is -3.31. The highest BCUT2D eigenvalue weighted by Gasteiger charge is 2.30. The Morgan fingerprint density at radius 1 is 1.38 bits per heavy atom. The summed E-state index contributed by atoms with van der Waals surface area (Å²) in [6, 6.07) is 7.70. The third-order valence-corrected chi connectivity index (χ3v) is 4.24. The predicted molar refractivity (Wildman–Crippen MR) is 82.7 cm³/mol. The van der Waals surface area contributed by atoms with Crippen LogP contribution in [0.2, 0.25) is 0 Å². The first-order valence-corrected chi connectivity index (χ1v) is 8.66. The summed E-state index contributed by atoms with van der Waals surface area (Å²) in [7, 11) is -3.31. The third-order valence-electron chi connectivity index (χ3n) is 3.32. The standard InChI is InChI=1S/C14H21N3O3S/c1-14(2,17-21(3,19)20)9-16-13(18)11-8-15-12-7-5-4-6-10(11)12/h4-7,11,15,17H,8-9H2,1-3H3,(H,16,18). The normalized spacial score (nSPS) is 18.0. The average molecular weight is 311 g/mol. The van der Waals surface area contributed by atoms with Gasteiger partial charge in [-0.15, -0.1) is 0 Å². The fraction of sp³-hybridized carbons (Fsp3) is 0.500. The molecule has 0 spiro atoms. The molecule has 7 heteroatoms. The molecule has 1 amide bonds. The Hall–Kier alpha value is -1.60. The van der Waals surface area contributed by atoms with E-state index >= 15 is 0 Å². The van der Waals surface area contributed by atoms with Gasteiger partial charge in [-0.1, -0.05) is 18.2 Å². The first kappa shape index (κ1) is 15.8. The van der Waals surface area contributed by atoms with E-state index in [0.29, 0.717) is 6.54 Å². The number of fused-ring (bicyclic) bond motifs is 1. The minimum Gasteiger partial charge on any atom is -0.384 e. The van der Waals surface area contributed by atoms with Crippen LogP contribution in [0.25, 0.3) is 0 Å². The Balaban J connectivity index is 1.97. The molecule has 3 N–H and O–H groups in total. The molecule has 2 rings (SSSR count). The second-order valence-electron chi connectivity index (χ2n) is 6.00. The minimum absolute atomic E-state index is 0.101. The number of amides is 1. The molecule has 1 atom stereocenters. The van der Waals surface area contributed by atoms with E-state index in [1.54, 1.807) is 13.8 Å². The lowest BCUT2D eigenvalue weighted by atomic mass is 10.00. The van der Waals surface area contributed by atoms with Gasteiger partial charge < -0.3 is 10.6 Å². The SMILES string of the molecule is CC(C)(CNC(=O)C1CNc2ccccc21)NS(C)(=O)=O. The van der Waals surface area contributed by atoms with E-state index in [1.807, 2.05) is 24.3 Å². The third kappa shape index (κ3) is 4.18. The van der Waals surface area contributed by atoms with Crippen LogP contribution in [0.5, 0.6) is 0 Å². The molecule has 0 fully saturated rings. The maximum Gasteiger partial charge on any atom is 0.229 e. The van der Waals surface area contributed by atoms with Gasteiger partial charge in [-0.25, -0.2) is 13.1 Å². The van der Waals surface area contributed by atoms with Crippen LogP contribution < -0.4 is 15.4 Å². The molecule has 21 heavy (non-hydrogen) atoms. The van der Waals surface area contributed by atoms with Gasteiger partial charge >= 0.3 is 0 Å².